The second kappa shape index (κ2) is 7.41. The van der Waals surface area contributed by atoms with Gasteiger partial charge in [-0.25, -0.2) is 0 Å². The van der Waals surface area contributed by atoms with Gasteiger partial charge in [0.05, 0.1) is 24.7 Å². The highest BCUT2D eigenvalue weighted by atomic mass is 16.5. The Morgan fingerprint density at radius 2 is 1.84 bits per heavy atom. The van der Waals surface area contributed by atoms with Crippen LogP contribution in [-0.2, 0) is 19.1 Å². The number of esters is 1. The summed E-state index contributed by atoms with van der Waals surface area (Å²) in [5, 5.41) is 32.1. The molecule has 7 nitrogen and oxygen atoms in total. The number of aliphatic carboxylic acids is 1. The van der Waals surface area contributed by atoms with E-state index in [9.17, 15) is 29.7 Å². The molecule has 31 heavy (non-hydrogen) atoms. The van der Waals surface area contributed by atoms with Gasteiger partial charge in [-0.05, 0) is 78.8 Å². The predicted molar refractivity (Wildman–Crippen MR) is 111 cm³/mol. The average molecular weight is 435 g/mol. The van der Waals surface area contributed by atoms with Crippen LogP contribution in [0.2, 0.25) is 0 Å². The number of hydrogen-bond acceptors (Lipinski definition) is 6. The van der Waals surface area contributed by atoms with Crippen LogP contribution in [0.15, 0.2) is 11.6 Å². The van der Waals surface area contributed by atoms with Crippen molar-refractivity contribution in [3.8, 4) is 0 Å². The Bertz CT molecular complexity index is 834. The van der Waals surface area contributed by atoms with E-state index in [0.29, 0.717) is 31.3 Å². The van der Waals surface area contributed by atoms with Crippen LogP contribution >= 0.6 is 0 Å². The SMILES string of the molecule is COC(=O)C1C2C(CC[C@@]3(C)C2CC[C@@]3(O)CCC(=O)O)[C@@]2(C)CCC(=O)C=C2[C@@H]1O. The van der Waals surface area contributed by atoms with Gasteiger partial charge in [-0.2, -0.15) is 0 Å². The summed E-state index contributed by atoms with van der Waals surface area (Å²) in [6.07, 6.45) is 4.31. The first-order valence-electron chi connectivity index (χ1n) is 11.4. The molecule has 3 saturated carbocycles. The van der Waals surface area contributed by atoms with Gasteiger partial charge in [-0.3, -0.25) is 14.4 Å². The van der Waals surface area contributed by atoms with E-state index in [4.69, 9.17) is 4.74 Å². The lowest BCUT2D eigenvalue weighted by molar-refractivity contribution is -0.180. The molecule has 0 bridgehead atoms. The maximum Gasteiger partial charge on any atom is 0.311 e. The summed E-state index contributed by atoms with van der Waals surface area (Å²) in [7, 11) is 1.32. The Labute approximate surface area is 182 Å². The molecule has 0 aliphatic heterocycles. The highest BCUT2D eigenvalue weighted by Gasteiger charge is 2.68. The minimum absolute atomic E-state index is 0.0156. The molecule has 7 heteroatoms. The Balaban J connectivity index is 1.78. The van der Waals surface area contributed by atoms with Gasteiger partial charge in [0.1, 0.15) is 0 Å². The van der Waals surface area contributed by atoms with Gasteiger partial charge in [0.25, 0.3) is 0 Å². The lowest BCUT2D eigenvalue weighted by Gasteiger charge is -2.61. The molecular formula is C24H34O7. The number of carboxylic acid groups (broad SMARTS) is 1. The van der Waals surface area contributed by atoms with Crippen molar-refractivity contribution in [3.63, 3.8) is 0 Å². The quantitative estimate of drug-likeness (QED) is 0.581. The first kappa shape index (κ1) is 22.5. The summed E-state index contributed by atoms with van der Waals surface area (Å²) in [6, 6.07) is 0. The molecule has 0 aromatic heterocycles. The maximum atomic E-state index is 12.9. The molecule has 0 aromatic rings. The van der Waals surface area contributed by atoms with Crippen molar-refractivity contribution in [2.24, 2.45) is 34.5 Å². The van der Waals surface area contributed by atoms with Crippen LogP contribution in [0.1, 0.15) is 65.2 Å². The number of fused-ring (bicyclic) bond motifs is 5. The zero-order valence-corrected chi connectivity index (χ0v) is 18.6. The Morgan fingerprint density at radius 1 is 1.16 bits per heavy atom. The van der Waals surface area contributed by atoms with Crippen LogP contribution in [0.3, 0.4) is 0 Å². The number of carboxylic acids is 1. The van der Waals surface area contributed by atoms with E-state index in [1.165, 1.54) is 7.11 Å². The lowest BCUT2D eigenvalue weighted by Crippen LogP contribution is -2.61. The van der Waals surface area contributed by atoms with Gasteiger partial charge in [-0.1, -0.05) is 13.8 Å². The third-order valence-electron chi connectivity index (χ3n) is 9.64. The smallest absolute Gasteiger partial charge is 0.311 e. The fraction of sp³-hybridized carbons (Fsp3) is 0.792. The number of rotatable bonds is 4. The van der Waals surface area contributed by atoms with Crippen LogP contribution in [-0.4, -0.2) is 51.9 Å². The fourth-order valence-corrected chi connectivity index (χ4v) is 7.86. The molecule has 4 unspecified atom stereocenters. The van der Waals surface area contributed by atoms with Crippen LogP contribution in [0.5, 0.6) is 0 Å². The van der Waals surface area contributed by atoms with Gasteiger partial charge in [0, 0.05) is 12.8 Å². The number of carbonyl (C=O) groups excluding carboxylic acids is 2. The van der Waals surface area contributed by atoms with Crippen LogP contribution < -0.4 is 0 Å². The molecule has 4 aliphatic rings. The topological polar surface area (TPSA) is 121 Å². The molecule has 172 valence electrons. The standard InChI is InChI=1S/C24H34O7/c1-22-8-4-13(25)12-16(22)20(28)19(21(29)31-3)18-14(22)5-9-23(2)15(18)6-10-24(23,30)11-7-17(26)27/h12,14-15,18-20,28,30H,4-11H2,1-3H3,(H,26,27)/t14?,15?,18?,19?,20-,22+,23-,24+/m0/s1. The Kier molecular flexibility index (Phi) is 5.37. The molecule has 0 radical (unpaired) electrons. The van der Waals surface area contributed by atoms with E-state index in [2.05, 4.69) is 6.92 Å². The maximum absolute atomic E-state index is 12.9. The zero-order valence-electron chi connectivity index (χ0n) is 18.6. The average Bonchev–Trinajstić information content (AvgIpc) is 2.99. The lowest BCUT2D eigenvalue weighted by atomic mass is 9.43. The number of aliphatic hydroxyl groups excluding tert-OH is 1. The second-order valence-corrected chi connectivity index (χ2v) is 10.7. The summed E-state index contributed by atoms with van der Waals surface area (Å²) >= 11 is 0. The molecule has 3 fully saturated rings. The summed E-state index contributed by atoms with van der Waals surface area (Å²) < 4.78 is 5.11. The Hall–Kier alpha value is -1.73. The van der Waals surface area contributed by atoms with Crippen molar-refractivity contribution >= 4 is 17.7 Å². The van der Waals surface area contributed by atoms with E-state index >= 15 is 0 Å². The molecular weight excluding hydrogens is 400 g/mol. The summed E-state index contributed by atoms with van der Waals surface area (Å²) in [4.78, 5) is 36.3. The molecule has 3 N–H and O–H groups in total. The monoisotopic (exact) mass is 434 g/mol. The molecule has 0 spiro atoms. The van der Waals surface area contributed by atoms with Crippen LogP contribution in [0.4, 0.5) is 0 Å². The number of hydrogen-bond donors (Lipinski definition) is 3. The molecule has 0 heterocycles. The number of aliphatic hydroxyl groups is 2. The van der Waals surface area contributed by atoms with E-state index < -0.39 is 35.0 Å². The van der Waals surface area contributed by atoms with Crippen molar-refractivity contribution in [1.29, 1.82) is 0 Å². The first-order valence-corrected chi connectivity index (χ1v) is 11.4. The summed E-state index contributed by atoms with van der Waals surface area (Å²) in [5.41, 5.74) is -1.35. The first-order chi connectivity index (χ1) is 14.5. The molecule has 0 saturated heterocycles. The predicted octanol–water partition coefficient (Wildman–Crippen LogP) is 2.48. The normalized spacial score (nSPS) is 46.4. The van der Waals surface area contributed by atoms with Crippen LogP contribution in [0.25, 0.3) is 0 Å². The van der Waals surface area contributed by atoms with Gasteiger partial charge in [-0.15, -0.1) is 0 Å². The van der Waals surface area contributed by atoms with E-state index in [-0.39, 0.29) is 41.8 Å². The van der Waals surface area contributed by atoms with Gasteiger partial charge < -0.3 is 20.1 Å². The second-order valence-electron chi connectivity index (χ2n) is 10.7. The largest absolute Gasteiger partial charge is 0.481 e. The van der Waals surface area contributed by atoms with Gasteiger partial charge >= 0.3 is 11.9 Å². The minimum Gasteiger partial charge on any atom is -0.481 e. The molecule has 8 atom stereocenters. The van der Waals surface area contributed by atoms with Gasteiger partial charge in [0.15, 0.2) is 5.78 Å². The van der Waals surface area contributed by atoms with Crippen molar-refractivity contribution < 1.29 is 34.4 Å². The minimum atomic E-state index is -1.10. The van der Waals surface area contributed by atoms with Crippen molar-refractivity contribution in [2.45, 2.75) is 76.9 Å². The highest BCUT2D eigenvalue weighted by molar-refractivity contribution is 5.92. The fourth-order valence-electron chi connectivity index (χ4n) is 7.86. The number of carbonyl (C=O) groups is 3. The summed E-state index contributed by atoms with van der Waals surface area (Å²) in [6.45, 7) is 4.13. The van der Waals surface area contributed by atoms with E-state index in [1.807, 2.05) is 6.92 Å². The number of methoxy groups -OCH3 is 1. The van der Waals surface area contributed by atoms with Crippen molar-refractivity contribution in [3.05, 3.63) is 11.6 Å². The van der Waals surface area contributed by atoms with E-state index in [0.717, 1.165) is 12.8 Å². The van der Waals surface area contributed by atoms with Gasteiger partial charge in [0.2, 0.25) is 0 Å². The highest BCUT2D eigenvalue weighted by Crippen LogP contribution is 2.69. The Morgan fingerprint density at radius 3 is 2.48 bits per heavy atom. The van der Waals surface area contributed by atoms with E-state index in [1.54, 1.807) is 6.08 Å². The molecule has 4 rings (SSSR count). The molecule has 0 aromatic carbocycles. The molecule has 0 amide bonds. The molecule has 4 aliphatic carbocycles. The van der Waals surface area contributed by atoms with Crippen LogP contribution in [0, 0.1) is 34.5 Å². The number of ketones is 1. The zero-order chi connectivity index (χ0) is 22.8. The van der Waals surface area contributed by atoms with Crippen molar-refractivity contribution in [1.82, 2.24) is 0 Å². The third kappa shape index (κ3) is 3.10. The van der Waals surface area contributed by atoms with Crippen molar-refractivity contribution in [2.75, 3.05) is 7.11 Å². The number of ether oxygens (including phenoxy) is 1. The summed E-state index contributed by atoms with van der Waals surface area (Å²) in [5.74, 6) is -2.32. The third-order valence-corrected chi connectivity index (χ3v) is 9.64.